The summed E-state index contributed by atoms with van der Waals surface area (Å²) < 4.78 is 17.7. The van der Waals surface area contributed by atoms with Crippen molar-refractivity contribution in [3.63, 3.8) is 0 Å². The lowest BCUT2D eigenvalue weighted by atomic mass is 9.99. The summed E-state index contributed by atoms with van der Waals surface area (Å²) in [5.74, 6) is -1.44. The van der Waals surface area contributed by atoms with E-state index in [2.05, 4.69) is 15.6 Å². The summed E-state index contributed by atoms with van der Waals surface area (Å²) >= 11 is 0. The summed E-state index contributed by atoms with van der Waals surface area (Å²) in [5.41, 5.74) is 7.09. The average Bonchev–Trinajstić information content (AvgIpc) is 3.26. The first-order valence-electron chi connectivity index (χ1n) is 10.2. The number of ether oxygens (including phenoxy) is 1. The smallest absolute Gasteiger partial charge is 0.338 e. The summed E-state index contributed by atoms with van der Waals surface area (Å²) in [7, 11) is 2.78. The van der Waals surface area contributed by atoms with Gasteiger partial charge >= 0.3 is 5.97 Å². The van der Waals surface area contributed by atoms with E-state index in [0.29, 0.717) is 13.0 Å². The second-order valence-electron chi connectivity index (χ2n) is 7.71. The molecule has 2 N–H and O–H groups in total. The molecule has 2 aromatic carbocycles. The molecule has 1 heterocycles. The van der Waals surface area contributed by atoms with Gasteiger partial charge in [-0.05, 0) is 43.0 Å². The summed E-state index contributed by atoms with van der Waals surface area (Å²) in [4.78, 5) is 36.6. The molecular weight excluding hydrogens is 419 g/mol. The van der Waals surface area contributed by atoms with Crippen molar-refractivity contribution in [1.82, 2.24) is 15.8 Å². The number of hydrazine groups is 1. The van der Waals surface area contributed by atoms with E-state index >= 15 is 0 Å². The van der Waals surface area contributed by atoms with Crippen LogP contribution >= 0.6 is 0 Å². The molecule has 3 rings (SSSR count). The molecule has 0 aromatic heterocycles. The van der Waals surface area contributed by atoms with Gasteiger partial charge in [-0.1, -0.05) is 12.1 Å². The Morgan fingerprint density at radius 2 is 1.88 bits per heavy atom. The number of rotatable bonds is 8. The number of amides is 1. The van der Waals surface area contributed by atoms with Crippen LogP contribution in [0.2, 0.25) is 0 Å². The first kappa shape index (κ1) is 23.3. The van der Waals surface area contributed by atoms with Gasteiger partial charge in [0.05, 0.1) is 17.6 Å². The van der Waals surface area contributed by atoms with E-state index in [1.54, 1.807) is 19.2 Å². The third-order valence-corrected chi connectivity index (χ3v) is 5.44. The molecule has 9 nitrogen and oxygen atoms in total. The van der Waals surface area contributed by atoms with Gasteiger partial charge in [0, 0.05) is 43.4 Å². The topological polar surface area (TPSA) is 114 Å². The Bertz CT molecular complexity index is 998. The summed E-state index contributed by atoms with van der Waals surface area (Å²) in [6.07, 6.45) is 2.33. The molecule has 1 aliphatic heterocycles. The van der Waals surface area contributed by atoms with Crippen molar-refractivity contribution < 1.29 is 23.6 Å². The van der Waals surface area contributed by atoms with Gasteiger partial charge in [0.2, 0.25) is 0 Å². The fourth-order valence-electron chi connectivity index (χ4n) is 3.70. The van der Waals surface area contributed by atoms with Crippen molar-refractivity contribution in [1.29, 1.82) is 0 Å². The molecule has 0 aliphatic carbocycles. The number of esters is 1. The fraction of sp³-hybridized carbons (Fsp3) is 0.364. The number of non-ortho nitro benzene ring substituents is 1. The molecule has 1 fully saturated rings. The number of hydrogen-bond donors (Lipinski definition) is 2. The Labute approximate surface area is 184 Å². The Hall–Kier alpha value is -3.37. The lowest BCUT2D eigenvalue weighted by Gasteiger charge is -2.18. The van der Waals surface area contributed by atoms with Crippen molar-refractivity contribution in [3.05, 3.63) is 75.1 Å². The highest BCUT2D eigenvalue weighted by Gasteiger charge is 2.25. The van der Waals surface area contributed by atoms with E-state index in [4.69, 9.17) is 0 Å². The van der Waals surface area contributed by atoms with Gasteiger partial charge in [-0.2, -0.15) is 0 Å². The predicted molar refractivity (Wildman–Crippen MR) is 114 cm³/mol. The van der Waals surface area contributed by atoms with Crippen LogP contribution in [0.25, 0.3) is 0 Å². The van der Waals surface area contributed by atoms with Crippen molar-refractivity contribution in [3.8, 4) is 0 Å². The number of carbonyl (C=O) groups excluding carboxylic acids is 2. The third-order valence-electron chi connectivity index (χ3n) is 5.44. The van der Waals surface area contributed by atoms with Crippen LogP contribution in [0.1, 0.15) is 51.6 Å². The minimum atomic E-state index is -0.749. The van der Waals surface area contributed by atoms with E-state index in [0.717, 1.165) is 30.5 Å². The second-order valence-corrected chi connectivity index (χ2v) is 7.71. The third kappa shape index (κ3) is 5.65. The molecule has 1 aliphatic rings. The lowest BCUT2D eigenvalue weighted by molar-refractivity contribution is -0.384. The number of benzene rings is 2. The van der Waals surface area contributed by atoms with Crippen LogP contribution in [-0.2, 0) is 4.74 Å². The van der Waals surface area contributed by atoms with Crippen LogP contribution in [0.3, 0.4) is 0 Å². The van der Waals surface area contributed by atoms with Gasteiger partial charge in [0.25, 0.3) is 11.6 Å². The van der Waals surface area contributed by atoms with Crippen LogP contribution in [0, 0.1) is 15.9 Å². The predicted octanol–water partition coefficient (Wildman–Crippen LogP) is 2.98. The van der Waals surface area contributed by atoms with E-state index < -0.39 is 16.8 Å². The number of hydrogen-bond acceptors (Lipinski definition) is 7. The van der Waals surface area contributed by atoms with Gasteiger partial charge in [-0.25, -0.2) is 9.18 Å². The maximum atomic E-state index is 13.1. The normalized spacial score (nSPS) is 17.7. The van der Waals surface area contributed by atoms with E-state index in [-0.39, 0.29) is 34.7 Å². The molecule has 1 saturated heterocycles. The number of carbonyl (C=O) groups is 2. The maximum absolute atomic E-state index is 13.1. The molecule has 0 saturated carbocycles. The molecule has 0 bridgehead atoms. The van der Waals surface area contributed by atoms with Crippen LogP contribution in [-0.4, -0.2) is 48.4 Å². The van der Waals surface area contributed by atoms with E-state index in [1.807, 2.05) is 0 Å². The zero-order valence-electron chi connectivity index (χ0n) is 17.8. The molecule has 2 atom stereocenters. The van der Waals surface area contributed by atoms with Crippen LogP contribution in [0.5, 0.6) is 0 Å². The van der Waals surface area contributed by atoms with Crippen molar-refractivity contribution in [2.24, 2.45) is 0 Å². The zero-order chi connectivity index (χ0) is 23.3. The molecule has 1 amide bonds. The molecule has 0 spiro atoms. The Kier molecular flexibility index (Phi) is 7.49. The molecule has 170 valence electrons. The molecule has 10 heteroatoms. The highest BCUT2D eigenvalue weighted by Crippen LogP contribution is 2.24. The van der Waals surface area contributed by atoms with Crippen LogP contribution in [0.15, 0.2) is 42.5 Å². The first-order chi connectivity index (χ1) is 15.3. The molecule has 2 aromatic rings. The summed E-state index contributed by atoms with van der Waals surface area (Å²) in [6, 6.07) is 10.2. The summed E-state index contributed by atoms with van der Waals surface area (Å²) in [6.45, 7) is 0.439. The maximum Gasteiger partial charge on any atom is 0.338 e. The van der Waals surface area contributed by atoms with Gasteiger partial charge in [0.1, 0.15) is 5.82 Å². The number of nitrogens with zero attached hydrogens (tertiary/aromatic N) is 2. The molecule has 32 heavy (non-hydrogen) atoms. The van der Waals surface area contributed by atoms with E-state index in [9.17, 15) is 24.1 Å². The number of nitrogens with one attached hydrogen (secondary N) is 2. The minimum Gasteiger partial charge on any atom is -0.465 e. The van der Waals surface area contributed by atoms with Gasteiger partial charge in [-0.15, -0.1) is 0 Å². The van der Waals surface area contributed by atoms with Crippen molar-refractivity contribution in [2.45, 2.75) is 31.3 Å². The van der Waals surface area contributed by atoms with Gasteiger partial charge < -0.3 is 9.64 Å². The average molecular weight is 444 g/mol. The Morgan fingerprint density at radius 3 is 2.53 bits per heavy atom. The van der Waals surface area contributed by atoms with Crippen molar-refractivity contribution in [2.75, 3.05) is 20.7 Å². The van der Waals surface area contributed by atoms with Crippen molar-refractivity contribution >= 4 is 17.6 Å². The van der Waals surface area contributed by atoms with Crippen LogP contribution < -0.4 is 10.9 Å². The number of methoxy groups -OCH3 is 1. The quantitative estimate of drug-likeness (QED) is 0.366. The monoisotopic (exact) mass is 444 g/mol. The first-order valence-corrected chi connectivity index (χ1v) is 10.2. The molecular formula is C22H25FN4O5. The molecule has 2 unspecified atom stereocenters. The minimum absolute atomic E-state index is 0.0495. The fourth-order valence-corrected chi connectivity index (χ4v) is 3.70. The number of halogens is 1. The second kappa shape index (κ2) is 10.3. The highest BCUT2D eigenvalue weighted by atomic mass is 19.1. The van der Waals surface area contributed by atoms with E-state index in [1.165, 1.54) is 30.2 Å². The number of nitro groups is 1. The number of nitro benzene ring substituents is 1. The lowest BCUT2D eigenvalue weighted by Crippen LogP contribution is -2.32. The summed E-state index contributed by atoms with van der Waals surface area (Å²) in [5, 5.41) is 11.2. The Morgan fingerprint density at radius 1 is 1.19 bits per heavy atom. The highest BCUT2D eigenvalue weighted by molar-refractivity contribution is 5.98. The van der Waals surface area contributed by atoms with Gasteiger partial charge in [0.15, 0.2) is 0 Å². The SMILES string of the molecule is COC(=O)c1cc(C(=O)N(C)CCCC2CC(c3ccc(F)cc3)NN2)cc([N+](=O)[O-])c1. The van der Waals surface area contributed by atoms with Gasteiger partial charge in [-0.3, -0.25) is 25.8 Å². The Balaban J connectivity index is 1.55. The largest absolute Gasteiger partial charge is 0.465 e. The van der Waals surface area contributed by atoms with Crippen LogP contribution in [0.4, 0.5) is 10.1 Å². The standard InChI is InChI=1S/C22H25FN4O5/c1-26(21(28)15-10-16(22(29)32-2)12-19(11-15)27(30)31)9-3-4-18-13-20(25-24-18)14-5-7-17(23)8-6-14/h5-8,10-12,18,20,24-25H,3-4,9,13H2,1-2H3. The zero-order valence-corrected chi connectivity index (χ0v) is 17.8. The molecule has 0 radical (unpaired) electrons.